The lowest BCUT2D eigenvalue weighted by atomic mass is 9.86. The van der Waals surface area contributed by atoms with Gasteiger partial charge < -0.3 is 4.42 Å². The summed E-state index contributed by atoms with van der Waals surface area (Å²) in [6, 6.07) is 15.9. The first-order valence-electron chi connectivity index (χ1n) is 9.59. The van der Waals surface area contributed by atoms with E-state index in [4.69, 9.17) is 4.42 Å². The Hall–Kier alpha value is -3.26. The number of nitro groups is 1. The van der Waals surface area contributed by atoms with E-state index in [9.17, 15) is 14.9 Å². The molecule has 1 N–H and O–H groups in total. The molecule has 160 valence electrons. The Morgan fingerprint density at radius 2 is 1.87 bits per heavy atom. The average Bonchev–Trinajstić information content (AvgIpc) is 3.16. The van der Waals surface area contributed by atoms with E-state index in [2.05, 4.69) is 47.2 Å². The molecule has 8 heteroatoms. The summed E-state index contributed by atoms with van der Waals surface area (Å²) in [5, 5.41) is 15.2. The van der Waals surface area contributed by atoms with Crippen LogP contribution >= 0.6 is 15.9 Å². The van der Waals surface area contributed by atoms with Crippen molar-refractivity contribution in [2.45, 2.75) is 32.6 Å². The van der Waals surface area contributed by atoms with Crippen molar-refractivity contribution in [1.82, 2.24) is 5.43 Å². The number of rotatable bonds is 6. The van der Waals surface area contributed by atoms with Crippen LogP contribution in [0.5, 0.6) is 0 Å². The lowest BCUT2D eigenvalue weighted by Crippen LogP contribution is -2.20. The number of furan rings is 1. The second-order valence-corrected chi connectivity index (χ2v) is 8.95. The van der Waals surface area contributed by atoms with Gasteiger partial charge >= 0.3 is 0 Å². The van der Waals surface area contributed by atoms with Crippen LogP contribution < -0.4 is 5.43 Å². The first-order chi connectivity index (χ1) is 14.6. The summed E-state index contributed by atoms with van der Waals surface area (Å²) in [5.41, 5.74) is 4.91. The Kier molecular flexibility index (Phi) is 6.70. The van der Waals surface area contributed by atoms with E-state index in [1.807, 2.05) is 24.3 Å². The fourth-order valence-electron chi connectivity index (χ4n) is 2.95. The molecule has 1 amide bonds. The smallest absolute Gasteiger partial charge is 0.281 e. The lowest BCUT2D eigenvalue weighted by molar-refractivity contribution is -0.384. The first kappa shape index (κ1) is 22.4. The number of hydrazone groups is 1. The van der Waals surface area contributed by atoms with E-state index in [1.165, 1.54) is 17.8 Å². The number of carbonyl (C=O) groups excluding carboxylic acids is 1. The van der Waals surface area contributed by atoms with Crippen molar-refractivity contribution in [2.24, 2.45) is 5.10 Å². The van der Waals surface area contributed by atoms with Crippen molar-refractivity contribution in [3.8, 4) is 11.3 Å². The van der Waals surface area contributed by atoms with Gasteiger partial charge in [-0.25, -0.2) is 5.43 Å². The molecule has 7 nitrogen and oxygen atoms in total. The molecular formula is C23H22BrN3O4. The fourth-order valence-corrected chi connectivity index (χ4v) is 3.30. The number of carbonyl (C=O) groups is 1. The summed E-state index contributed by atoms with van der Waals surface area (Å²) in [6.45, 7) is 6.41. The van der Waals surface area contributed by atoms with Gasteiger partial charge in [-0.15, -0.1) is 0 Å². The van der Waals surface area contributed by atoms with Crippen molar-refractivity contribution >= 4 is 33.7 Å². The van der Waals surface area contributed by atoms with E-state index in [1.54, 1.807) is 24.3 Å². The predicted octanol–water partition coefficient (Wildman–Crippen LogP) is 5.61. The Labute approximate surface area is 188 Å². The Balaban J connectivity index is 1.62. The highest BCUT2D eigenvalue weighted by molar-refractivity contribution is 9.10. The topological polar surface area (TPSA) is 97.7 Å². The molecule has 0 aliphatic heterocycles. The predicted molar refractivity (Wildman–Crippen MR) is 123 cm³/mol. The number of nitrogens with zero attached hydrogens (tertiary/aromatic N) is 2. The molecule has 0 spiro atoms. The first-order valence-corrected chi connectivity index (χ1v) is 10.4. The summed E-state index contributed by atoms with van der Waals surface area (Å²) in [7, 11) is 0. The molecule has 0 aliphatic rings. The zero-order valence-electron chi connectivity index (χ0n) is 17.4. The molecule has 0 saturated heterocycles. The molecule has 0 aliphatic carbocycles. The van der Waals surface area contributed by atoms with Crippen LogP contribution in [0.1, 0.15) is 37.7 Å². The van der Waals surface area contributed by atoms with Crippen molar-refractivity contribution in [1.29, 1.82) is 0 Å². The zero-order valence-corrected chi connectivity index (χ0v) is 19.0. The van der Waals surface area contributed by atoms with Gasteiger partial charge in [0.1, 0.15) is 11.5 Å². The van der Waals surface area contributed by atoms with Gasteiger partial charge in [-0.1, -0.05) is 61.0 Å². The third kappa shape index (κ3) is 5.88. The van der Waals surface area contributed by atoms with Crippen molar-refractivity contribution < 1.29 is 14.1 Å². The van der Waals surface area contributed by atoms with Crippen LogP contribution in [0, 0.1) is 10.1 Å². The van der Waals surface area contributed by atoms with Crippen LogP contribution in [0.3, 0.4) is 0 Å². The molecule has 3 aromatic rings. The highest BCUT2D eigenvalue weighted by atomic mass is 79.9. The number of hydrogen-bond donors (Lipinski definition) is 1. The molecule has 1 aromatic heterocycles. The molecular weight excluding hydrogens is 462 g/mol. The third-order valence-electron chi connectivity index (χ3n) is 4.61. The molecule has 0 bridgehead atoms. The zero-order chi connectivity index (χ0) is 22.6. The van der Waals surface area contributed by atoms with Crippen molar-refractivity contribution in [3.05, 3.63) is 86.1 Å². The largest absolute Gasteiger partial charge is 0.455 e. The SMILES string of the molecule is CC(C)(C)c1ccc(CC(=O)NN=Cc2ccc(-c3ccc(Br)cc3[N+](=O)[O-])o2)cc1. The molecule has 1 heterocycles. The maximum atomic E-state index is 12.1. The van der Waals surface area contributed by atoms with Gasteiger partial charge in [0.2, 0.25) is 5.91 Å². The Bertz CT molecular complexity index is 1130. The van der Waals surface area contributed by atoms with Gasteiger partial charge in [0, 0.05) is 10.5 Å². The van der Waals surface area contributed by atoms with Gasteiger partial charge in [0.15, 0.2) is 0 Å². The monoisotopic (exact) mass is 483 g/mol. The molecule has 0 atom stereocenters. The maximum absolute atomic E-state index is 12.1. The fraction of sp³-hybridized carbons (Fsp3) is 0.217. The van der Waals surface area contributed by atoms with Gasteiger partial charge in [-0.2, -0.15) is 5.10 Å². The second-order valence-electron chi connectivity index (χ2n) is 8.04. The highest BCUT2D eigenvalue weighted by Crippen LogP contribution is 2.33. The van der Waals surface area contributed by atoms with E-state index in [-0.39, 0.29) is 23.4 Å². The van der Waals surface area contributed by atoms with E-state index < -0.39 is 4.92 Å². The van der Waals surface area contributed by atoms with Crippen LogP contribution in [0.15, 0.2) is 68.6 Å². The minimum absolute atomic E-state index is 0.0592. The summed E-state index contributed by atoms with van der Waals surface area (Å²) in [5.74, 6) is 0.447. The summed E-state index contributed by atoms with van der Waals surface area (Å²) < 4.78 is 6.23. The number of nitrogens with one attached hydrogen (secondary N) is 1. The lowest BCUT2D eigenvalue weighted by Gasteiger charge is -2.19. The minimum atomic E-state index is -0.468. The van der Waals surface area contributed by atoms with Crippen LogP contribution in [-0.2, 0) is 16.6 Å². The Morgan fingerprint density at radius 1 is 1.16 bits per heavy atom. The van der Waals surface area contributed by atoms with E-state index in [0.29, 0.717) is 21.6 Å². The number of hydrogen-bond acceptors (Lipinski definition) is 5. The molecule has 31 heavy (non-hydrogen) atoms. The van der Waals surface area contributed by atoms with Crippen LogP contribution in [0.25, 0.3) is 11.3 Å². The number of benzene rings is 2. The number of halogens is 1. The summed E-state index contributed by atoms with van der Waals surface area (Å²) >= 11 is 3.23. The van der Waals surface area contributed by atoms with Gasteiger partial charge in [-0.05, 0) is 40.8 Å². The molecule has 0 radical (unpaired) electrons. The van der Waals surface area contributed by atoms with E-state index in [0.717, 1.165) is 5.56 Å². The van der Waals surface area contributed by atoms with E-state index >= 15 is 0 Å². The molecule has 0 saturated carbocycles. The Morgan fingerprint density at radius 3 is 2.52 bits per heavy atom. The molecule has 2 aromatic carbocycles. The molecule has 0 unspecified atom stereocenters. The van der Waals surface area contributed by atoms with Gasteiger partial charge in [-0.3, -0.25) is 14.9 Å². The molecule has 3 rings (SSSR count). The van der Waals surface area contributed by atoms with Crippen LogP contribution in [0.4, 0.5) is 5.69 Å². The minimum Gasteiger partial charge on any atom is -0.455 e. The summed E-state index contributed by atoms with van der Waals surface area (Å²) in [6.07, 6.45) is 1.56. The standard InChI is InChI=1S/C23H22BrN3O4/c1-23(2,3)16-6-4-15(5-7-16)12-22(28)26-25-14-18-9-11-21(31-18)19-10-8-17(24)13-20(19)27(29)30/h4-11,13-14H,12H2,1-3H3,(H,26,28). The summed E-state index contributed by atoms with van der Waals surface area (Å²) in [4.78, 5) is 22.9. The van der Waals surface area contributed by atoms with Gasteiger partial charge in [0.05, 0.1) is 23.1 Å². The number of amides is 1. The van der Waals surface area contributed by atoms with Crippen molar-refractivity contribution in [3.63, 3.8) is 0 Å². The third-order valence-corrected chi connectivity index (χ3v) is 5.11. The van der Waals surface area contributed by atoms with Gasteiger partial charge in [0.25, 0.3) is 5.69 Å². The second kappa shape index (κ2) is 9.26. The number of nitro benzene ring substituents is 1. The highest BCUT2D eigenvalue weighted by Gasteiger charge is 2.18. The van der Waals surface area contributed by atoms with Crippen LogP contribution in [-0.4, -0.2) is 17.0 Å². The molecule has 0 fully saturated rings. The quantitative estimate of drug-likeness (QED) is 0.280. The van der Waals surface area contributed by atoms with Crippen LogP contribution in [0.2, 0.25) is 0 Å². The van der Waals surface area contributed by atoms with Crippen molar-refractivity contribution in [2.75, 3.05) is 0 Å². The average molecular weight is 484 g/mol. The normalized spacial score (nSPS) is 11.6. The maximum Gasteiger partial charge on any atom is 0.281 e.